The first-order chi connectivity index (χ1) is 7.99. The van der Waals surface area contributed by atoms with Gasteiger partial charge in [-0.25, -0.2) is 4.98 Å². The first-order valence-corrected chi connectivity index (χ1v) is 6.32. The van der Waals surface area contributed by atoms with Crippen LogP contribution in [0.1, 0.15) is 33.0 Å². The number of aryl methyl sites for hydroxylation is 1. The van der Waals surface area contributed by atoms with E-state index in [9.17, 15) is 0 Å². The van der Waals surface area contributed by atoms with Crippen LogP contribution in [0.4, 0.5) is 0 Å². The number of benzene rings is 1. The third kappa shape index (κ3) is 2.05. The van der Waals surface area contributed by atoms with Crippen LogP contribution in [0.25, 0.3) is 11.0 Å². The second-order valence-electron chi connectivity index (χ2n) is 4.58. The molecule has 4 heteroatoms. The van der Waals surface area contributed by atoms with E-state index in [1.54, 1.807) is 0 Å². The Morgan fingerprint density at radius 3 is 2.71 bits per heavy atom. The van der Waals surface area contributed by atoms with Gasteiger partial charge in [-0.2, -0.15) is 0 Å². The molecule has 0 spiro atoms. The molecule has 0 aliphatic heterocycles. The lowest BCUT2D eigenvalue weighted by Gasteiger charge is -2.23. The van der Waals surface area contributed by atoms with Crippen molar-refractivity contribution in [2.75, 3.05) is 0 Å². The van der Waals surface area contributed by atoms with Crippen LogP contribution in [0, 0.1) is 0 Å². The smallest absolute Gasteiger partial charge is 0.129 e. The van der Waals surface area contributed by atoms with Crippen molar-refractivity contribution in [1.82, 2.24) is 9.55 Å². The molecule has 0 amide bonds. The zero-order chi connectivity index (χ0) is 12.6. The molecule has 92 valence electrons. The maximum Gasteiger partial charge on any atom is 0.129 e. The van der Waals surface area contributed by atoms with Gasteiger partial charge in [-0.05, 0) is 38.5 Å². The molecule has 0 aliphatic rings. The summed E-state index contributed by atoms with van der Waals surface area (Å²) in [5.41, 5.74) is 7.91. The Kier molecular flexibility index (Phi) is 3.15. The van der Waals surface area contributed by atoms with Crippen molar-refractivity contribution in [2.24, 2.45) is 5.73 Å². The van der Waals surface area contributed by atoms with Gasteiger partial charge in [0.05, 0.1) is 16.6 Å². The second-order valence-corrected chi connectivity index (χ2v) is 5.02. The molecule has 0 radical (unpaired) electrons. The average molecular weight is 252 g/mol. The minimum Gasteiger partial charge on any atom is -0.327 e. The van der Waals surface area contributed by atoms with E-state index >= 15 is 0 Å². The molecule has 1 atom stereocenters. The van der Waals surface area contributed by atoms with Gasteiger partial charge in [0.2, 0.25) is 0 Å². The zero-order valence-corrected chi connectivity index (χ0v) is 11.3. The maximum absolute atomic E-state index is 6.30. The predicted octanol–water partition coefficient (Wildman–Crippen LogP) is 3.29. The normalized spacial score (nSPS) is 15.1. The van der Waals surface area contributed by atoms with E-state index in [-0.39, 0.29) is 0 Å². The molecular weight excluding hydrogens is 234 g/mol. The first-order valence-electron chi connectivity index (χ1n) is 5.94. The average Bonchev–Trinajstić information content (AvgIpc) is 2.67. The third-order valence-electron chi connectivity index (χ3n) is 3.27. The molecule has 1 aromatic heterocycles. The second kappa shape index (κ2) is 4.31. The van der Waals surface area contributed by atoms with Crippen LogP contribution >= 0.6 is 11.6 Å². The predicted molar refractivity (Wildman–Crippen MR) is 72.2 cm³/mol. The van der Waals surface area contributed by atoms with Crippen molar-refractivity contribution in [3.05, 3.63) is 29.0 Å². The molecule has 0 saturated heterocycles. The molecular formula is C13H18ClN3. The van der Waals surface area contributed by atoms with E-state index in [4.69, 9.17) is 17.3 Å². The summed E-state index contributed by atoms with van der Waals surface area (Å²) < 4.78 is 2.14. The lowest BCUT2D eigenvalue weighted by atomic mass is 9.99. The molecule has 0 aliphatic carbocycles. The summed E-state index contributed by atoms with van der Waals surface area (Å²) in [5, 5.41) is 0.730. The summed E-state index contributed by atoms with van der Waals surface area (Å²) in [6.07, 6.45) is 0.851. The highest BCUT2D eigenvalue weighted by Crippen LogP contribution is 2.27. The topological polar surface area (TPSA) is 43.8 Å². The third-order valence-corrected chi connectivity index (χ3v) is 3.51. The van der Waals surface area contributed by atoms with E-state index in [1.807, 2.05) is 25.1 Å². The number of imidazole rings is 1. The number of fused-ring (bicyclic) bond motifs is 1. The summed E-state index contributed by atoms with van der Waals surface area (Å²) in [5.74, 6) is 0.930. The van der Waals surface area contributed by atoms with Crippen LogP contribution < -0.4 is 5.73 Å². The Bertz CT molecular complexity index is 543. The van der Waals surface area contributed by atoms with Crippen molar-refractivity contribution in [2.45, 2.75) is 39.3 Å². The number of rotatable bonds is 3. The van der Waals surface area contributed by atoms with Crippen molar-refractivity contribution in [3.63, 3.8) is 0 Å². The van der Waals surface area contributed by atoms with Crippen LogP contribution in [-0.4, -0.2) is 9.55 Å². The summed E-state index contributed by atoms with van der Waals surface area (Å²) in [6, 6.07) is 5.75. The molecule has 2 rings (SSSR count). The highest BCUT2D eigenvalue weighted by Gasteiger charge is 2.25. The zero-order valence-electron chi connectivity index (χ0n) is 10.5. The van der Waals surface area contributed by atoms with E-state index in [0.29, 0.717) is 0 Å². The van der Waals surface area contributed by atoms with Crippen LogP contribution in [0.2, 0.25) is 5.02 Å². The molecule has 1 heterocycles. The number of hydrogen-bond donors (Lipinski definition) is 1. The highest BCUT2D eigenvalue weighted by atomic mass is 35.5. The van der Waals surface area contributed by atoms with Gasteiger partial charge < -0.3 is 10.3 Å². The molecule has 1 unspecified atom stereocenters. The fraction of sp³-hybridized carbons (Fsp3) is 0.462. The Balaban J connectivity index is 2.73. The Morgan fingerprint density at radius 1 is 1.41 bits per heavy atom. The standard InChI is InChI=1S/C13H18ClN3/c1-4-13(3,15)12-16-10-7-6-9(14)8-11(10)17(12)5-2/h6-8H,4-5,15H2,1-3H3. The Labute approximate surface area is 107 Å². The first kappa shape index (κ1) is 12.4. The van der Waals surface area contributed by atoms with E-state index in [2.05, 4.69) is 23.4 Å². The van der Waals surface area contributed by atoms with Crippen molar-refractivity contribution in [1.29, 1.82) is 0 Å². The minimum atomic E-state index is -0.401. The molecule has 0 saturated carbocycles. The summed E-state index contributed by atoms with van der Waals surface area (Å²) in [4.78, 5) is 4.65. The monoisotopic (exact) mass is 251 g/mol. The molecule has 2 N–H and O–H groups in total. The molecule has 0 fully saturated rings. The van der Waals surface area contributed by atoms with Gasteiger partial charge in [0, 0.05) is 11.6 Å². The minimum absolute atomic E-state index is 0.401. The van der Waals surface area contributed by atoms with Gasteiger partial charge >= 0.3 is 0 Å². The quantitative estimate of drug-likeness (QED) is 0.910. The molecule has 1 aromatic carbocycles. The van der Waals surface area contributed by atoms with E-state index in [1.165, 1.54) is 0 Å². The summed E-state index contributed by atoms with van der Waals surface area (Å²) in [7, 11) is 0. The van der Waals surface area contributed by atoms with Crippen molar-refractivity contribution in [3.8, 4) is 0 Å². The fourth-order valence-corrected chi connectivity index (χ4v) is 2.18. The van der Waals surface area contributed by atoms with Gasteiger partial charge in [0.25, 0.3) is 0 Å². The maximum atomic E-state index is 6.30. The number of nitrogens with zero attached hydrogens (tertiary/aromatic N) is 2. The molecule has 17 heavy (non-hydrogen) atoms. The molecule has 0 bridgehead atoms. The lowest BCUT2D eigenvalue weighted by molar-refractivity contribution is 0.426. The van der Waals surface area contributed by atoms with Gasteiger partial charge in [-0.3, -0.25) is 0 Å². The number of halogens is 1. The van der Waals surface area contributed by atoms with Gasteiger partial charge in [-0.15, -0.1) is 0 Å². The molecule has 2 aromatic rings. The van der Waals surface area contributed by atoms with Crippen molar-refractivity contribution >= 4 is 22.6 Å². The largest absolute Gasteiger partial charge is 0.327 e. The van der Waals surface area contributed by atoms with Gasteiger partial charge in [0.15, 0.2) is 0 Å². The number of nitrogens with two attached hydrogens (primary N) is 1. The highest BCUT2D eigenvalue weighted by molar-refractivity contribution is 6.31. The van der Waals surface area contributed by atoms with Crippen LogP contribution in [0.15, 0.2) is 18.2 Å². The van der Waals surface area contributed by atoms with Crippen LogP contribution in [0.5, 0.6) is 0 Å². The van der Waals surface area contributed by atoms with Crippen LogP contribution in [-0.2, 0) is 12.1 Å². The van der Waals surface area contributed by atoms with E-state index < -0.39 is 5.54 Å². The summed E-state index contributed by atoms with van der Waals surface area (Å²) in [6.45, 7) is 7.03. The summed E-state index contributed by atoms with van der Waals surface area (Å²) >= 11 is 6.03. The fourth-order valence-electron chi connectivity index (χ4n) is 2.01. The lowest BCUT2D eigenvalue weighted by Crippen LogP contribution is -2.35. The van der Waals surface area contributed by atoms with Gasteiger partial charge in [0.1, 0.15) is 5.82 Å². The number of hydrogen-bond acceptors (Lipinski definition) is 2. The van der Waals surface area contributed by atoms with E-state index in [0.717, 1.165) is 34.8 Å². The Morgan fingerprint density at radius 2 is 2.12 bits per heavy atom. The van der Waals surface area contributed by atoms with Crippen molar-refractivity contribution < 1.29 is 0 Å². The van der Waals surface area contributed by atoms with Gasteiger partial charge in [-0.1, -0.05) is 18.5 Å². The van der Waals surface area contributed by atoms with Crippen LogP contribution in [0.3, 0.4) is 0 Å². The SMILES string of the molecule is CCn1c(C(C)(N)CC)nc2ccc(Cl)cc21. The number of aromatic nitrogens is 2. The Hall–Kier alpha value is -1.06. The molecule has 3 nitrogen and oxygen atoms in total.